The SMILES string of the molecule is CC1(C)OC[C@H]([N+]2=Cc3ccccc3-c3ccccc3C2)[C@H](c2ccc(S(C)(=O)=O)cc2)O1. The van der Waals surface area contributed by atoms with Crippen LogP contribution in [0.2, 0.25) is 0 Å². The lowest BCUT2D eigenvalue weighted by Gasteiger charge is -2.39. The number of hydrogen-bond donors (Lipinski definition) is 0. The summed E-state index contributed by atoms with van der Waals surface area (Å²) in [6.07, 6.45) is 3.14. The van der Waals surface area contributed by atoms with Gasteiger partial charge in [0.25, 0.3) is 0 Å². The lowest BCUT2D eigenvalue weighted by atomic mass is 9.97. The van der Waals surface area contributed by atoms with E-state index in [-0.39, 0.29) is 12.1 Å². The predicted molar refractivity (Wildman–Crippen MR) is 128 cm³/mol. The molecule has 1 fully saturated rings. The number of rotatable bonds is 3. The largest absolute Gasteiger partial charge is 0.343 e. The molecule has 1 saturated heterocycles. The van der Waals surface area contributed by atoms with Gasteiger partial charge in [-0.2, -0.15) is 0 Å². The predicted octanol–water partition coefficient (Wildman–Crippen LogP) is 4.59. The first-order valence-corrected chi connectivity index (χ1v) is 13.0. The van der Waals surface area contributed by atoms with Crippen LogP contribution in [0.25, 0.3) is 11.1 Å². The Morgan fingerprint density at radius 2 is 1.58 bits per heavy atom. The third-order valence-corrected chi connectivity index (χ3v) is 7.48. The zero-order valence-corrected chi connectivity index (χ0v) is 19.9. The second-order valence-corrected chi connectivity index (χ2v) is 11.2. The molecule has 0 unspecified atom stereocenters. The summed E-state index contributed by atoms with van der Waals surface area (Å²) in [5, 5.41) is 0. The molecular formula is C27H28NO4S+. The van der Waals surface area contributed by atoms with Crippen LogP contribution in [0.4, 0.5) is 0 Å². The molecule has 0 amide bonds. The zero-order valence-electron chi connectivity index (χ0n) is 19.1. The van der Waals surface area contributed by atoms with E-state index < -0.39 is 15.6 Å². The van der Waals surface area contributed by atoms with Gasteiger partial charge in [-0.1, -0.05) is 54.6 Å². The van der Waals surface area contributed by atoms with Crippen molar-refractivity contribution in [3.8, 4) is 11.1 Å². The summed E-state index contributed by atoms with van der Waals surface area (Å²) in [7, 11) is -3.26. The fourth-order valence-electron chi connectivity index (χ4n) is 4.67. The minimum absolute atomic E-state index is 0.0821. The van der Waals surface area contributed by atoms with Crippen molar-refractivity contribution in [3.63, 3.8) is 0 Å². The number of nitrogens with zero attached hydrogens (tertiary/aromatic N) is 1. The maximum Gasteiger partial charge on any atom is 0.206 e. The highest BCUT2D eigenvalue weighted by atomic mass is 32.2. The van der Waals surface area contributed by atoms with Crippen molar-refractivity contribution in [1.29, 1.82) is 0 Å². The highest BCUT2D eigenvalue weighted by Gasteiger charge is 2.44. The van der Waals surface area contributed by atoms with Gasteiger partial charge in [-0.15, -0.1) is 0 Å². The number of ether oxygens (including phenoxy) is 2. The van der Waals surface area contributed by atoms with Gasteiger partial charge in [0, 0.05) is 17.4 Å². The fourth-order valence-corrected chi connectivity index (χ4v) is 5.30. The Hall–Kier alpha value is -2.80. The smallest absolute Gasteiger partial charge is 0.206 e. The molecule has 0 spiro atoms. The van der Waals surface area contributed by atoms with Gasteiger partial charge in [0.1, 0.15) is 12.7 Å². The summed E-state index contributed by atoms with van der Waals surface area (Å²) >= 11 is 0. The van der Waals surface area contributed by atoms with Gasteiger partial charge in [0.2, 0.25) is 6.04 Å². The fraction of sp³-hybridized carbons (Fsp3) is 0.296. The Kier molecular flexibility index (Phi) is 5.47. The van der Waals surface area contributed by atoms with Crippen LogP contribution >= 0.6 is 0 Å². The minimum Gasteiger partial charge on any atom is -0.343 e. The Balaban J connectivity index is 1.59. The van der Waals surface area contributed by atoms with Crippen molar-refractivity contribution in [2.75, 3.05) is 12.9 Å². The molecule has 2 heterocycles. The first kappa shape index (κ1) is 22.0. The average molecular weight is 463 g/mol. The number of hydrogen-bond acceptors (Lipinski definition) is 4. The molecule has 3 aromatic rings. The van der Waals surface area contributed by atoms with Crippen LogP contribution in [0, 0.1) is 0 Å². The van der Waals surface area contributed by atoms with Crippen LogP contribution in [0.15, 0.2) is 77.7 Å². The molecule has 5 rings (SSSR count). The van der Waals surface area contributed by atoms with Crippen molar-refractivity contribution >= 4 is 16.1 Å². The van der Waals surface area contributed by atoms with E-state index in [0.29, 0.717) is 11.5 Å². The first-order chi connectivity index (χ1) is 15.7. The van der Waals surface area contributed by atoms with Crippen LogP contribution in [0.3, 0.4) is 0 Å². The Bertz CT molecular complexity index is 1330. The number of fused-ring (bicyclic) bond motifs is 3. The molecule has 0 bridgehead atoms. The number of benzene rings is 3. The molecule has 170 valence electrons. The molecule has 0 aliphatic carbocycles. The van der Waals surface area contributed by atoms with Gasteiger partial charge in [-0.25, -0.2) is 13.0 Å². The van der Waals surface area contributed by atoms with E-state index >= 15 is 0 Å². The van der Waals surface area contributed by atoms with Crippen LogP contribution < -0.4 is 0 Å². The molecule has 2 aliphatic rings. The van der Waals surface area contributed by atoms with E-state index in [9.17, 15) is 8.42 Å². The van der Waals surface area contributed by atoms with Gasteiger partial charge >= 0.3 is 0 Å². The molecule has 2 atom stereocenters. The molecular weight excluding hydrogens is 434 g/mol. The minimum atomic E-state index is -3.26. The lowest BCUT2D eigenvalue weighted by Crippen LogP contribution is -2.49. The molecule has 0 N–H and O–H groups in total. The molecule has 0 aromatic heterocycles. The third kappa shape index (κ3) is 4.38. The van der Waals surface area contributed by atoms with Gasteiger partial charge in [-0.3, -0.25) is 0 Å². The van der Waals surface area contributed by atoms with E-state index in [4.69, 9.17) is 9.47 Å². The number of sulfone groups is 1. The van der Waals surface area contributed by atoms with Gasteiger partial charge in [-0.05, 0) is 48.7 Å². The van der Waals surface area contributed by atoms with Crippen LogP contribution in [-0.4, -0.2) is 43.9 Å². The highest BCUT2D eigenvalue weighted by Crippen LogP contribution is 2.37. The Labute approximate surface area is 195 Å². The second kappa shape index (κ2) is 8.20. The van der Waals surface area contributed by atoms with Crippen LogP contribution in [0.5, 0.6) is 0 Å². The van der Waals surface area contributed by atoms with E-state index in [0.717, 1.165) is 17.7 Å². The summed E-state index contributed by atoms with van der Waals surface area (Å²) < 4.78 is 38.7. The lowest BCUT2D eigenvalue weighted by molar-refractivity contribution is -0.607. The van der Waals surface area contributed by atoms with E-state index in [1.54, 1.807) is 12.1 Å². The van der Waals surface area contributed by atoms with Gasteiger partial charge in [0.15, 0.2) is 28.4 Å². The molecule has 0 saturated carbocycles. The molecule has 3 aromatic carbocycles. The first-order valence-electron chi connectivity index (χ1n) is 11.1. The quantitative estimate of drug-likeness (QED) is 0.534. The Morgan fingerprint density at radius 1 is 0.909 bits per heavy atom. The van der Waals surface area contributed by atoms with E-state index in [2.05, 4.69) is 59.3 Å². The maximum atomic E-state index is 11.9. The van der Waals surface area contributed by atoms with Crippen molar-refractivity contribution in [2.45, 2.75) is 43.2 Å². The third-order valence-electron chi connectivity index (χ3n) is 6.35. The molecule has 6 heteroatoms. The van der Waals surface area contributed by atoms with Crippen molar-refractivity contribution in [2.24, 2.45) is 0 Å². The van der Waals surface area contributed by atoms with Crippen LogP contribution in [0.1, 0.15) is 36.6 Å². The van der Waals surface area contributed by atoms with Gasteiger partial charge < -0.3 is 9.47 Å². The summed E-state index contributed by atoms with van der Waals surface area (Å²) in [6.45, 7) is 5.04. The van der Waals surface area contributed by atoms with Crippen molar-refractivity contribution in [1.82, 2.24) is 0 Å². The van der Waals surface area contributed by atoms with Gasteiger partial charge in [0.05, 0.1) is 4.90 Å². The molecule has 0 radical (unpaired) electrons. The monoisotopic (exact) mass is 462 g/mol. The zero-order chi connectivity index (χ0) is 23.2. The Morgan fingerprint density at radius 3 is 2.30 bits per heavy atom. The summed E-state index contributed by atoms with van der Waals surface area (Å²) in [5.41, 5.74) is 5.78. The van der Waals surface area contributed by atoms with E-state index in [1.165, 1.54) is 22.9 Å². The molecule has 2 aliphatic heterocycles. The topological polar surface area (TPSA) is 55.6 Å². The normalized spacial score (nSPS) is 22.0. The van der Waals surface area contributed by atoms with E-state index in [1.807, 2.05) is 26.0 Å². The summed E-state index contributed by atoms with van der Waals surface area (Å²) in [4.78, 5) is 0.304. The van der Waals surface area contributed by atoms with Crippen molar-refractivity contribution in [3.05, 3.63) is 89.5 Å². The molecule has 5 nitrogen and oxygen atoms in total. The van der Waals surface area contributed by atoms with Crippen LogP contribution in [-0.2, 0) is 25.9 Å². The summed E-state index contributed by atoms with van der Waals surface area (Å²) in [5.74, 6) is -0.738. The molecule has 33 heavy (non-hydrogen) atoms. The second-order valence-electron chi connectivity index (χ2n) is 9.20. The highest BCUT2D eigenvalue weighted by molar-refractivity contribution is 7.90. The standard InChI is InChI=1S/C27H28NO4S/c1-27(2)31-18-25(26(32-27)19-12-14-22(15-13-19)33(3,29)30)28-16-20-8-4-6-10-23(20)24-11-7-5-9-21(24)17-28/h4-16,25-26H,17-18H2,1-3H3/q+1/t25-,26-/m0/s1. The maximum absolute atomic E-state index is 11.9. The average Bonchev–Trinajstić information content (AvgIpc) is 2.95. The summed E-state index contributed by atoms with van der Waals surface area (Å²) in [6, 6.07) is 23.9. The van der Waals surface area contributed by atoms with Crippen molar-refractivity contribution < 1.29 is 22.5 Å².